The fourth-order valence-corrected chi connectivity index (χ4v) is 4.42. The Morgan fingerprint density at radius 1 is 1.09 bits per heavy atom. The third kappa shape index (κ3) is 4.94. The number of aromatic hydroxyl groups is 1. The molecule has 0 radical (unpaired) electrons. The number of benzene rings is 3. The topological polar surface area (TPSA) is 84.6 Å². The lowest BCUT2D eigenvalue weighted by molar-refractivity contribution is -0.123. The van der Waals surface area contributed by atoms with E-state index in [1.54, 1.807) is 12.1 Å². The molecule has 0 aromatic heterocycles. The van der Waals surface area contributed by atoms with E-state index in [4.69, 9.17) is 10.5 Å². The van der Waals surface area contributed by atoms with Gasteiger partial charge in [0.25, 0.3) is 0 Å². The zero-order chi connectivity index (χ0) is 22.7. The van der Waals surface area contributed by atoms with Crippen LogP contribution in [0.3, 0.4) is 0 Å². The highest BCUT2D eigenvalue weighted by molar-refractivity contribution is 5.82. The van der Waals surface area contributed by atoms with Crippen molar-refractivity contribution in [2.45, 2.75) is 45.2 Å². The van der Waals surface area contributed by atoms with Crippen LogP contribution in [0, 0.1) is 13.8 Å². The van der Waals surface area contributed by atoms with E-state index in [2.05, 4.69) is 29.6 Å². The summed E-state index contributed by atoms with van der Waals surface area (Å²) in [4.78, 5) is 13.0. The molecule has 3 aromatic rings. The molecule has 0 saturated carbocycles. The Balaban J connectivity index is 1.48. The summed E-state index contributed by atoms with van der Waals surface area (Å²) < 4.78 is 5.83. The van der Waals surface area contributed by atoms with Gasteiger partial charge in [0.15, 0.2) is 0 Å². The second-order valence-electron chi connectivity index (χ2n) is 8.60. The molecule has 5 nitrogen and oxygen atoms in total. The molecule has 0 saturated heterocycles. The maximum absolute atomic E-state index is 13.0. The van der Waals surface area contributed by atoms with Gasteiger partial charge in [-0.2, -0.15) is 0 Å². The summed E-state index contributed by atoms with van der Waals surface area (Å²) in [6.45, 7) is 4.41. The normalized spacial score (nSPS) is 16.0. The quantitative estimate of drug-likeness (QED) is 0.549. The van der Waals surface area contributed by atoms with E-state index in [-0.39, 0.29) is 17.7 Å². The minimum atomic E-state index is -0.671. The molecule has 0 bridgehead atoms. The SMILES string of the molecule is Cc1cc(O)cc(C)c1CC(N)C(=O)NC1CCOc2ccc(Cc3ccccc3)cc21. The number of nitrogens with one attached hydrogen (secondary N) is 1. The van der Waals surface area contributed by atoms with E-state index in [1.165, 1.54) is 11.1 Å². The number of nitrogens with two attached hydrogens (primary N) is 1. The van der Waals surface area contributed by atoms with Crippen LogP contribution in [0.5, 0.6) is 11.5 Å². The number of fused-ring (bicyclic) bond motifs is 1. The van der Waals surface area contributed by atoms with Gasteiger partial charge < -0.3 is 20.9 Å². The molecular formula is C27H30N2O3. The van der Waals surface area contributed by atoms with Crippen molar-refractivity contribution in [3.05, 3.63) is 94.0 Å². The van der Waals surface area contributed by atoms with E-state index in [0.29, 0.717) is 19.4 Å². The summed E-state index contributed by atoms with van der Waals surface area (Å²) in [6.07, 6.45) is 1.96. The standard InChI is InChI=1S/C27H30N2O3/c1-17-12-21(30)13-18(2)22(17)16-24(28)27(31)29-25-10-11-32-26-9-8-20(15-23(25)26)14-19-6-4-3-5-7-19/h3-9,12-13,15,24-25,30H,10-11,14,16,28H2,1-2H3,(H,29,31). The van der Waals surface area contributed by atoms with Gasteiger partial charge in [0.1, 0.15) is 11.5 Å². The second kappa shape index (κ2) is 9.45. The predicted octanol–water partition coefficient (Wildman–Crippen LogP) is 4.11. The molecule has 3 aromatic carbocycles. The van der Waals surface area contributed by atoms with Gasteiger partial charge in [-0.25, -0.2) is 0 Å². The Labute approximate surface area is 189 Å². The van der Waals surface area contributed by atoms with Crippen LogP contribution in [0.2, 0.25) is 0 Å². The van der Waals surface area contributed by atoms with Gasteiger partial charge in [-0.3, -0.25) is 4.79 Å². The Hall–Kier alpha value is -3.31. The summed E-state index contributed by atoms with van der Waals surface area (Å²) in [7, 11) is 0. The third-order valence-corrected chi connectivity index (χ3v) is 6.12. The van der Waals surface area contributed by atoms with Crippen LogP contribution in [-0.2, 0) is 17.6 Å². The zero-order valence-electron chi connectivity index (χ0n) is 18.6. The molecule has 1 aliphatic heterocycles. The molecule has 2 unspecified atom stereocenters. The second-order valence-corrected chi connectivity index (χ2v) is 8.60. The van der Waals surface area contributed by atoms with Crippen LogP contribution < -0.4 is 15.8 Å². The van der Waals surface area contributed by atoms with Gasteiger partial charge in [-0.15, -0.1) is 0 Å². The van der Waals surface area contributed by atoms with Crippen LogP contribution in [-0.4, -0.2) is 23.7 Å². The zero-order valence-corrected chi connectivity index (χ0v) is 18.6. The molecule has 5 heteroatoms. The first-order valence-corrected chi connectivity index (χ1v) is 11.1. The number of hydrogen-bond acceptors (Lipinski definition) is 4. The van der Waals surface area contributed by atoms with Crippen molar-refractivity contribution >= 4 is 5.91 Å². The van der Waals surface area contributed by atoms with Crippen LogP contribution in [0.4, 0.5) is 0 Å². The third-order valence-electron chi connectivity index (χ3n) is 6.12. The molecule has 32 heavy (non-hydrogen) atoms. The molecule has 1 aliphatic rings. The molecule has 0 spiro atoms. The number of amides is 1. The lowest BCUT2D eigenvalue weighted by Gasteiger charge is -2.28. The Kier molecular flexibility index (Phi) is 6.47. The molecule has 1 amide bonds. The van der Waals surface area contributed by atoms with Crippen LogP contribution in [0.1, 0.15) is 45.8 Å². The van der Waals surface area contributed by atoms with Gasteiger partial charge in [0, 0.05) is 12.0 Å². The molecule has 0 aliphatic carbocycles. The maximum atomic E-state index is 13.0. The number of rotatable bonds is 6. The summed E-state index contributed by atoms with van der Waals surface area (Å²) in [5.41, 5.74) is 12.6. The number of carbonyl (C=O) groups is 1. The largest absolute Gasteiger partial charge is 0.508 e. The fraction of sp³-hybridized carbons (Fsp3) is 0.296. The summed E-state index contributed by atoms with van der Waals surface area (Å²) in [5, 5.41) is 12.9. The Morgan fingerprint density at radius 2 is 1.81 bits per heavy atom. The first-order chi connectivity index (χ1) is 15.4. The van der Waals surface area contributed by atoms with E-state index >= 15 is 0 Å². The van der Waals surface area contributed by atoms with Crippen molar-refractivity contribution in [1.29, 1.82) is 0 Å². The summed E-state index contributed by atoms with van der Waals surface area (Å²) >= 11 is 0. The smallest absolute Gasteiger partial charge is 0.237 e. The minimum Gasteiger partial charge on any atom is -0.508 e. The van der Waals surface area contributed by atoms with Crippen molar-refractivity contribution in [2.24, 2.45) is 5.73 Å². The maximum Gasteiger partial charge on any atom is 0.237 e. The van der Waals surface area contributed by atoms with Gasteiger partial charge >= 0.3 is 0 Å². The highest BCUT2D eigenvalue weighted by atomic mass is 16.5. The number of phenols is 1. The molecule has 166 valence electrons. The molecule has 4 N–H and O–H groups in total. The average Bonchev–Trinajstić information content (AvgIpc) is 2.77. The van der Waals surface area contributed by atoms with Crippen molar-refractivity contribution in [2.75, 3.05) is 6.61 Å². The van der Waals surface area contributed by atoms with Crippen LogP contribution >= 0.6 is 0 Å². The van der Waals surface area contributed by atoms with Crippen molar-refractivity contribution in [3.8, 4) is 11.5 Å². The first kappa shape index (κ1) is 21.9. The lowest BCUT2D eigenvalue weighted by atomic mass is 9.94. The Bertz CT molecular complexity index is 1090. The van der Waals surface area contributed by atoms with E-state index in [0.717, 1.165) is 34.4 Å². The number of aryl methyl sites for hydroxylation is 2. The molecule has 1 heterocycles. The minimum absolute atomic E-state index is 0.130. The van der Waals surface area contributed by atoms with Gasteiger partial charge in [0.05, 0.1) is 18.7 Å². The van der Waals surface area contributed by atoms with Crippen molar-refractivity contribution < 1.29 is 14.6 Å². The highest BCUT2D eigenvalue weighted by Gasteiger charge is 2.26. The van der Waals surface area contributed by atoms with Gasteiger partial charge in [-0.05, 0) is 78.8 Å². The number of hydrogen-bond donors (Lipinski definition) is 3. The highest BCUT2D eigenvalue weighted by Crippen LogP contribution is 2.33. The average molecular weight is 431 g/mol. The molecule has 0 fully saturated rings. The monoisotopic (exact) mass is 430 g/mol. The van der Waals surface area contributed by atoms with E-state index in [1.807, 2.05) is 38.1 Å². The Morgan fingerprint density at radius 3 is 2.53 bits per heavy atom. The first-order valence-electron chi connectivity index (χ1n) is 11.1. The predicted molar refractivity (Wildman–Crippen MR) is 126 cm³/mol. The van der Waals surface area contributed by atoms with Crippen molar-refractivity contribution in [3.63, 3.8) is 0 Å². The number of phenolic OH excluding ortho intramolecular Hbond substituents is 1. The summed E-state index contributed by atoms with van der Waals surface area (Å²) in [6, 6.07) is 19.1. The molecular weight excluding hydrogens is 400 g/mol. The number of carbonyl (C=O) groups excluding carboxylic acids is 1. The fourth-order valence-electron chi connectivity index (χ4n) is 4.42. The van der Waals surface area contributed by atoms with Crippen molar-refractivity contribution in [1.82, 2.24) is 5.32 Å². The van der Waals surface area contributed by atoms with Gasteiger partial charge in [0.2, 0.25) is 5.91 Å². The van der Waals surface area contributed by atoms with E-state index < -0.39 is 6.04 Å². The number of ether oxygens (including phenoxy) is 1. The van der Waals surface area contributed by atoms with Crippen LogP contribution in [0.25, 0.3) is 0 Å². The van der Waals surface area contributed by atoms with Crippen LogP contribution in [0.15, 0.2) is 60.7 Å². The molecule has 2 atom stereocenters. The molecule has 4 rings (SSSR count). The summed E-state index contributed by atoms with van der Waals surface area (Å²) in [5.74, 6) is 0.868. The van der Waals surface area contributed by atoms with Gasteiger partial charge in [-0.1, -0.05) is 36.4 Å². The van der Waals surface area contributed by atoms with E-state index in [9.17, 15) is 9.90 Å². The lowest BCUT2D eigenvalue weighted by Crippen LogP contribution is -2.44.